The summed E-state index contributed by atoms with van der Waals surface area (Å²) in [5, 5.41) is 0.495. The normalized spacial score (nSPS) is 18.6. The Labute approximate surface area is 192 Å². The maximum atomic E-state index is 13.5. The van der Waals surface area contributed by atoms with Gasteiger partial charge in [0.25, 0.3) is 5.91 Å². The summed E-state index contributed by atoms with van der Waals surface area (Å²) in [6.07, 6.45) is 0.838. The van der Waals surface area contributed by atoms with Gasteiger partial charge in [0.1, 0.15) is 24.4 Å². The fourth-order valence-electron chi connectivity index (χ4n) is 4.89. The highest BCUT2D eigenvalue weighted by molar-refractivity contribution is 5.99. The quantitative estimate of drug-likeness (QED) is 0.598. The van der Waals surface area contributed by atoms with Gasteiger partial charge in [-0.1, -0.05) is 24.3 Å². The molecular formula is C26H29N2O5+. The smallest absolute Gasteiger partial charge is 0.290 e. The molecule has 0 unspecified atom stereocenters. The lowest BCUT2D eigenvalue weighted by Crippen LogP contribution is -3.14. The minimum atomic E-state index is -0.492. The minimum Gasteiger partial charge on any atom is -0.494 e. The van der Waals surface area contributed by atoms with E-state index >= 15 is 0 Å². The highest BCUT2D eigenvalue weighted by Crippen LogP contribution is 2.39. The molecular weight excluding hydrogens is 420 g/mol. The summed E-state index contributed by atoms with van der Waals surface area (Å²) in [7, 11) is 0. The number of nitrogens with one attached hydrogen (secondary N) is 1. The van der Waals surface area contributed by atoms with E-state index in [0.717, 1.165) is 50.6 Å². The number of hydrogen-bond acceptors (Lipinski definition) is 5. The Morgan fingerprint density at radius 2 is 1.91 bits per heavy atom. The number of benzene rings is 2. The molecule has 172 valence electrons. The van der Waals surface area contributed by atoms with Gasteiger partial charge in [-0.25, -0.2) is 0 Å². The number of rotatable bonds is 7. The number of hydrogen-bond donors (Lipinski definition) is 1. The third-order valence-corrected chi connectivity index (χ3v) is 6.49. The van der Waals surface area contributed by atoms with Crippen molar-refractivity contribution in [3.8, 4) is 5.75 Å². The molecule has 2 aromatic carbocycles. The van der Waals surface area contributed by atoms with E-state index in [-0.39, 0.29) is 17.1 Å². The van der Waals surface area contributed by atoms with Gasteiger partial charge in [-0.05, 0) is 36.8 Å². The number of para-hydroxylation sites is 1. The van der Waals surface area contributed by atoms with E-state index in [1.807, 2.05) is 43.3 Å². The Morgan fingerprint density at radius 3 is 2.73 bits per heavy atom. The van der Waals surface area contributed by atoms with Crippen LogP contribution in [0.4, 0.5) is 0 Å². The van der Waals surface area contributed by atoms with Crippen LogP contribution in [-0.4, -0.2) is 56.8 Å². The van der Waals surface area contributed by atoms with Gasteiger partial charge in [0.05, 0.1) is 43.4 Å². The van der Waals surface area contributed by atoms with E-state index in [1.165, 1.54) is 4.90 Å². The van der Waals surface area contributed by atoms with Crippen molar-refractivity contribution < 1.29 is 23.6 Å². The van der Waals surface area contributed by atoms with Crippen molar-refractivity contribution in [1.29, 1.82) is 0 Å². The van der Waals surface area contributed by atoms with Crippen LogP contribution in [0.25, 0.3) is 11.0 Å². The average molecular weight is 450 g/mol. The van der Waals surface area contributed by atoms with E-state index in [9.17, 15) is 9.59 Å². The minimum absolute atomic E-state index is 0.145. The highest BCUT2D eigenvalue weighted by Gasteiger charge is 2.42. The molecule has 2 aliphatic rings. The van der Waals surface area contributed by atoms with E-state index in [0.29, 0.717) is 29.7 Å². The highest BCUT2D eigenvalue weighted by atomic mass is 16.5. The van der Waals surface area contributed by atoms with Crippen LogP contribution in [-0.2, 0) is 4.74 Å². The average Bonchev–Trinajstić information content (AvgIpc) is 3.12. The molecule has 3 heterocycles. The Morgan fingerprint density at radius 1 is 1.09 bits per heavy atom. The van der Waals surface area contributed by atoms with Crippen molar-refractivity contribution in [2.24, 2.45) is 0 Å². The summed E-state index contributed by atoms with van der Waals surface area (Å²) in [6.45, 7) is 7.51. The van der Waals surface area contributed by atoms with Gasteiger partial charge in [-0.15, -0.1) is 0 Å². The van der Waals surface area contributed by atoms with Crippen LogP contribution in [0.1, 0.15) is 41.1 Å². The van der Waals surface area contributed by atoms with Gasteiger partial charge >= 0.3 is 0 Å². The molecule has 0 spiro atoms. The lowest BCUT2D eigenvalue weighted by molar-refractivity contribution is -0.908. The molecule has 0 bridgehead atoms. The lowest BCUT2D eigenvalue weighted by Gasteiger charge is -2.27. The van der Waals surface area contributed by atoms with Crippen molar-refractivity contribution in [3.63, 3.8) is 0 Å². The van der Waals surface area contributed by atoms with E-state index in [4.69, 9.17) is 13.9 Å². The monoisotopic (exact) mass is 449 g/mol. The van der Waals surface area contributed by atoms with Gasteiger partial charge in [0, 0.05) is 13.0 Å². The molecule has 1 aromatic heterocycles. The van der Waals surface area contributed by atoms with Crippen LogP contribution >= 0.6 is 0 Å². The predicted molar refractivity (Wildman–Crippen MR) is 124 cm³/mol. The molecule has 0 radical (unpaired) electrons. The van der Waals surface area contributed by atoms with E-state index in [2.05, 4.69) is 0 Å². The predicted octanol–water partition coefficient (Wildman–Crippen LogP) is 2.04. The first-order chi connectivity index (χ1) is 16.2. The van der Waals surface area contributed by atoms with Crippen LogP contribution < -0.4 is 15.1 Å². The second-order valence-corrected chi connectivity index (χ2v) is 8.54. The number of fused-ring (bicyclic) bond motifs is 2. The second kappa shape index (κ2) is 9.37. The van der Waals surface area contributed by atoms with Crippen molar-refractivity contribution in [1.82, 2.24) is 4.90 Å². The Balaban J connectivity index is 1.53. The van der Waals surface area contributed by atoms with Crippen LogP contribution in [0, 0.1) is 0 Å². The fraction of sp³-hybridized carbons (Fsp3) is 0.385. The topological polar surface area (TPSA) is 73.4 Å². The summed E-state index contributed by atoms with van der Waals surface area (Å²) in [5.74, 6) is 0.652. The van der Waals surface area contributed by atoms with Crippen LogP contribution in [0.2, 0.25) is 0 Å². The van der Waals surface area contributed by atoms with Crippen LogP contribution in [0.3, 0.4) is 0 Å². The Bertz CT molecular complexity index is 1210. The standard InChI is InChI=1S/C26H28N2O5/c1-2-32-19-8-5-7-18(17-19)23-22-24(29)20-9-3-4-10-21(20)33-25(22)26(30)28(23)12-6-11-27-13-15-31-16-14-27/h3-5,7-10,17,23H,2,6,11-16H2,1H3/p+1/t23-/m1/s1. The van der Waals surface area contributed by atoms with Gasteiger partial charge in [-0.3, -0.25) is 9.59 Å². The number of ether oxygens (including phenoxy) is 2. The van der Waals surface area contributed by atoms with Crippen molar-refractivity contribution >= 4 is 16.9 Å². The number of nitrogens with zero attached hydrogens (tertiary/aromatic N) is 1. The fourth-order valence-corrected chi connectivity index (χ4v) is 4.89. The second-order valence-electron chi connectivity index (χ2n) is 8.54. The van der Waals surface area contributed by atoms with Crippen molar-refractivity contribution in [2.75, 3.05) is 46.0 Å². The molecule has 1 saturated heterocycles. The molecule has 1 amide bonds. The van der Waals surface area contributed by atoms with Gasteiger partial charge in [0.15, 0.2) is 5.43 Å². The zero-order chi connectivity index (χ0) is 22.8. The van der Waals surface area contributed by atoms with Crippen molar-refractivity contribution in [2.45, 2.75) is 19.4 Å². The van der Waals surface area contributed by atoms with Crippen molar-refractivity contribution in [3.05, 3.63) is 75.6 Å². The summed E-state index contributed by atoms with van der Waals surface area (Å²) in [4.78, 5) is 30.3. The molecule has 1 fully saturated rings. The SMILES string of the molecule is CCOc1cccc([C@@H]2c3c(oc4ccccc4c3=O)C(=O)N2CCC[NH+]2CCOCC2)c1. The van der Waals surface area contributed by atoms with Crippen LogP contribution in [0.15, 0.2) is 57.7 Å². The molecule has 2 aliphatic heterocycles. The Hall–Kier alpha value is -3.16. The van der Waals surface area contributed by atoms with Gasteiger partial charge < -0.3 is 23.7 Å². The molecule has 3 aromatic rings. The maximum Gasteiger partial charge on any atom is 0.290 e. The number of carbonyl (C=O) groups excluding carboxylic acids is 1. The summed E-state index contributed by atoms with van der Waals surface area (Å²) >= 11 is 0. The Kier molecular flexibility index (Phi) is 6.15. The first-order valence-corrected chi connectivity index (χ1v) is 11.7. The first kappa shape index (κ1) is 21.7. The summed E-state index contributed by atoms with van der Waals surface area (Å²) in [6, 6.07) is 14.3. The molecule has 5 rings (SSSR count). The lowest BCUT2D eigenvalue weighted by atomic mass is 9.98. The van der Waals surface area contributed by atoms with E-state index in [1.54, 1.807) is 17.0 Å². The number of morpholine rings is 1. The summed E-state index contributed by atoms with van der Waals surface area (Å²) < 4.78 is 17.2. The maximum absolute atomic E-state index is 13.5. The third-order valence-electron chi connectivity index (χ3n) is 6.49. The molecule has 1 N–H and O–H groups in total. The molecule has 33 heavy (non-hydrogen) atoms. The molecule has 1 atom stereocenters. The zero-order valence-corrected chi connectivity index (χ0v) is 18.8. The first-order valence-electron chi connectivity index (χ1n) is 11.7. The molecule has 7 nitrogen and oxygen atoms in total. The number of amides is 1. The third kappa shape index (κ3) is 4.14. The van der Waals surface area contributed by atoms with E-state index < -0.39 is 6.04 Å². The molecule has 7 heteroatoms. The van der Waals surface area contributed by atoms with Crippen LogP contribution in [0.5, 0.6) is 5.75 Å². The number of carbonyl (C=O) groups is 1. The molecule has 0 saturated carbocycles. The summed E-state index contributed by atoms with van der Waals surface area (Å²) in [5.41, 5.74) is 1.57. The van der Waals surface area contributed by atoms with Gasteiger partial charge in [-0.2, -0.15) is 0 Å². The zero-order valence-electron chi connectivity index (χ0n) is 18.8. The largest absolute Gasteiger partial charge is 0.494 e. The van der Waals surface area contributed by atoms with Gasteiger partial charge in [0.2, 0.25) is 5.76 Å². The molecule has 0 aliphatic carbocycles. The number of quaternary nitrogens is 1.